The quantitative estimate of drug-likeness (QED) is 0.385. The van der Waals surface area contributed by atoms with Gasteiger partial charge >= 0.3 is 0 Å². The summed E-state index contributed by atoms with van der Waals surface area (Å²) in [5.74, 6) is 0.672. The van der Waals surface area contributed by atoms with Crippen LogP contribution in [0.25, 0.3) is 0 Å². The number of Topliss-reactive ketones (excluding diaryl/α,β-unsaturated/α-hetero) is 1. The fraction of sp³-hybridized carbons (Fsp3) is 0.250. The number of nitrogens with one attached hydrogen (secondary N) is 1. The molecule has 0 aromatic heterocycles. The molecule has 0 radical (unpaired) electrons. The highest BCUT2D eigenvalue weighted by Gasteiger charge is 2.38. The van der Waals surface area contributed by atoms with E-state index in [4.69, 9.17) is 0 Å². The Hall–Kier alpha value is -2.95. The second kappa shape index (κ2) is 5.84. The van der Waals surface area contributed by atoms with E-state index in [-0.39, 0.29) is 28.4 Å². The van der Waals surface area contributed by atoms with Crippen molar-refractivity contribution >= 4 is 17.2 Å². The van der Waals surface area contributed by atoms with Crippen molar-refractivity contribution in [3.63, 3.8) is 0 Å². The molecule has 126 valence electrons. The van der Waals surface area contributed by atoms with Crippen LogP contribution in [0.1, 0.15) is 46.8 Å². The first-order chi connectivity index (χ1) is 12.0. The zero-order valence-corrected chi connectivity index (χ0v) is 13.8. The average Bonchev–Trinajstić information content (AvgIpc) is 3.10. The Bertz CT molecular complexity index is 886. The van der Waals surface area contributed by atoms with Crippen LogP contribution in [0.15, 0.2) is 54.6 Å². The van der Waals surface area contributed by atoms with Gasteiger partial charge in [0.05, 0.1) is 11.0 Å². The highest BCUT2D eigenvalue weighted by Crippen LogP contribution is 2.50. The van der Waals surface area contributed by atoms with E-state index >= 15 is 0 Å². The van der Waals surface area contributed by atoms with Crippen LogP contribution in [0.3, 0.4) is 0 Å². The van der Waals surface area contributed by atoms with Gasteiger partial charge in [0.15, 0.2) is 5.78 Å². The van der Waals surface area contributed by atoms with Gasteiger partial charge in [0.25, 0.3) is 5.69 Å². The fourth-order valence-electron chi connectivity index (χ4n) is 3.95. The van der Waals surface area contributed by atoms with Crippen LogP contribution < -0.4 is 5.32 Å². The van der Waals surface area contributed by atoms with Gasteiger partial charge in [-0.2, -0.15) is 0 Å². The third-order valence-electron chi connectivity index (χ3n) is 5.23. The Morgan fingerprint density at radius 2 is 1.96 bits per heavy atom. The molecule has 3 atom stereocenters. The lowest BCUT2D eigenvalue weighted by atomic mass is 9.76. The standard InChI is InChI=1S/C20H18N2O3/c1-12(23)14-7-10-19-18(11-14)16-3-2-4-17(16)20(21-19)13-5-8-15(9-6-13)22(24)25/h2-3,5-11,16-17,20-21H,4H2,1H3. The molecule has 0 saturated carbocycles. The second-order valence-corrected chi connectivity index (χ2v) is 6.68. The molecule has 2 aromatic rings. The number of nitro benzene ring substituents is 1. The van der Waals surface area contributed by atoms with Gasteiger partial charge in [-0.05, 0) is 48.6 Å². The van der Waals surface area contributed by atoms with Crippen molar-refractivity contribution in [3.8, 4) is 0 Å². The van der Waals surface area contributed by atoms with Crippen molar-refractivity contribution in [1.29, 1.82) is 0 Å². The van der Waals surface area contributed by atoms with Crippen LogP contribution in [0.2, 0.25) is 0 Å². The molecule has 4 rings (SSSR count). The molecular formula is C20H18N2O3. The van der Waals surface area contributed by atoms with Crippen molar-refractivity contribution < 1.29 is 9.72 Å². The lowest BCUT2D eigenvalue weighted by molar-refractivity contribution is -0.384. The van der Waals surface area contributed by atoms with Gasteiger partial charge in [-0.25, -0.2) is 0 Å². The molecule has 3 unspecified atom stereocenters. The minimum Gasteiger partial charge on any atom is -0.378 e. The average molecular weight is 334 g/mol. The first kappa shape index (κ1) is 15.6. The van der Waals surface area contributed by atoms with E-state index in [1.807, 2.05) is 30.3 Å². The number of nitrogens with zero attached hydrogens (tertiary/aromatic N) is 1. The molecule has 1 aliphatic heterocycles. The molecule has 25 heavy (non-hydrogen) atoms. The van der Waals surface area contributed by atoms with Crippen molar-refractivity contribution in [3.05, 3.63) is 81.4 Å². The van der Waals surface area contributed by atoms with E-state index in [0.29, 0.717) is 5.92 Å². The van der Waals surface area contributed by atoms with Crippen LogP contribution in [-0.2, 0) is 0 Å². The van der Waals surface area contributed by atoms with Gasteiger partial charge in [-0.3, -0.25) is 14.9 Å². The molecule has 1 aliphatic carbocycles. The summed E-state index contributed by atoms with van der Waals surface area (Å²) < 4.78 is 0. The number of hydrogen-bond donors (Lipinski definition) is 1. The van der Waals surface area contributed by atoms with Crippen LogP contribution >= 0.6 is 0 Å². The van der Waals surface area contributed by atoms with Crippen LogP contribution in [-0.4, -0.2) is 10.7 Å². The number of rotatable bonds is 3. The van der Waals surface area contributed by atoms with Gasteiger partial charge < -0.3 is 5.32 Å². The smallest absolute Gasteiger partial charge is 0.269 e. The number of fused-ring (bicyclic) bond motifs is 3. The third kappa shape index (κ3) is 2.61. The van der Waals surface area contributed by atoms with Gasteiger partial charge in [0, 0.05) is 29.3 Å². The maximum Gasteiger partial charge on any atom is 0.269 e. The van der Waals surface area contributed by atoms with E-state index in [2.05, 4.69) is 17.5 Å². The summed E-state index contributed by atoms with van der Waals surface area (Å²) in [4.78, 5) is 22.2. The van der Waals surface area contributed by atoms with E-state index in [9.17, 15) is 14.9 Å². The highest BCUT2D eigenvalue weighted by molar-refractivity contribution is 5.95. The number of carbonyl (C=O) groups is 1. The number of hydrogen-bond acceptors (Lipinski definition) is 4. The minimum absolute atomic E-state index is 0.0684. The molecule has 0 spiro atoms. The monoisotopic (exact) mass is 334 g/mol. The fourth-order valence-corrected chi connectivity index (χ4v) is 3.95. The van der Waals surface area contributed by atoms with E-state index in [1.54, 1.807) is 19.1 Å². The van der Waals surface area contributed by atoms with Crippen LogP contribution in [0, 0.1) is 16.0 Å². The highest BCUT2D eigenvalue weighted by atomic mass is 16.6. The maximum absolute atomic E-state index is 11.7. The molecule has 5 nitrogen and oxygen atoms in total. The minimum atomic E-state index is -0.378. The van der Waals surface area contributed by atoms with E-state index in [0.717, 1.165) is 28.8 Å². The molecule has 2 aliphatic rings. The molecule has 0 saturated heterocycles. The van der Waals surface area contributed by atoms with Crippen molar-refractivity contribution in [2.75, 3.05) is 5.32 Å². The summed E-state index contributed by atoms with van der Waals surface area (Å²) >= 11 is 0. The number of benzene rings is 2. The molecule has 0 amide bonds. The van der Waals surface area contributed by atoms with Crippen molar-refractivity contribution in [1.82, 2.24) is 0 Å². The lowest BCUT2D eigenvalue weighted by Gasteiger charge is -2.37. The predicted octanol–water partition coefficient (Wildman–Crippen LogP) is 4.62. The van der Waals surface area contributed by atoms with Crippen LogP contribution in [0.5, 0.6) is 0 Å². The number of carbonyl (C=O) groups excluding carboxylic acids is 1. The largest absolute Gasteiger partial charge is 0.378 e. The van der Waals surface area contributed by atoms with Gasteiger partial charge in [-0.1, -0.05) is 24.3 Å². The van der Waals surface area contributed by atoms with E-state index in [1.165, 1.54) is 0 Å². The number of ketones is 1. The second-order valence-electron chi connectivity index (χ2n) is 6.68. The number of nitro groups is 1. The topological polar surface area (TPSA) is 72.2 Å². The van der Waals surface area contributed by atoms with E-state index < -0.39 is 0 Å². The zero-order valence-electron chi connectivity index (χ0n) is 13.8. The summed E-state index contributed by atoms with van der Waals surface area (Å²) in [5, 5.41) is 14.5. The summed E-state index contributed by atoms with van der Waals surface area (Å²) in [6, 6.07) is 12.7. The molecule has 0 bridgehead atoms. The number of anilines is 1. The van der Waals surface area contributed by atoms with Gasteiger partial charge in [0.2, 0.25) is 0 Å². The SMILES string of the molecule is CC(=O)c1ccc2c(c1)C1C=CCC1C(c1ccc([N+](=O)[O-])cc1)N2. The first-order valence-electron chi connectivity index (χ1n) is 8.37. The molecule has 1 N–H and O–H groups in total. The molecule has 5 heteroatoms. The third-order valence-corrected chi connectivity index (χ3v) is 5.23. The molecule has 1 heterocycles. The lowest BCUT2D eigenvalue weighted by Crippen LogP contribution is -2.29. The number of allylic oxidation sites excluding steroid dienone is 2. The van der Waals surface area contributed by atoms with Crippen LogP contribution in [0.4, 0.5) is 11.4 Å². The first-order valence-corrected chi connectivity index (χ1v) is 8.37. The molecule has 0 fully saturated rings. The Kier molecular flexibility index (Phi) is 3.64. The Morgan fingerprint density at radius 1 is 1.20 bits per heavy atom. The zero-order chi connectivity index (χ0) is 17.6. The molecule has 2 aromatic carbocycles. The summed E-state index contributed by atoms with van der Waals surface area (Å²) in [7, 11) is 0. The Balaban J connectivity index is 1.72. The Morgan fingerprint density at radius 3 is 2.64 bits per heavy atom. The number of non-ortho nitro benzene ring substituents is 1. The summed E-state index contributed by atoms with van der Waals surface area (Å²) in [6.07, 6.45) is 5.35. The molecular weight excluding hydrogens is 316 g/mol. The van der Waals surface area contributed by atoms with Gasteiger partial charge in [0.1, 0.15) is 0 Å². The maximum atomic E-state index is 11.7. The predicted molar refractivity (Wildman–Crippen MR) is 95.9 cm³/mol. The van der Waals surface area contributed by atoms with Gasteiger partial charge in [-0.15, -0.1) is 0 Å². The summed E-state index contributed by atoms with van der Waals surface area (Å²) in [6.45, 7) is 1.58. The van der Waals surface area contributed by atoms with Crippen molar-refractivity contribution in [2.24, 2.45) is 5.92 Å². The summed E-state index contributed by atoms with van der Waals surface area (Å²) in [5.41, 5.74) is 4.07. The normalized spacial score (nSPS) is 23.5. The Labute approximate surface area is 145 Å². The van der Waals surface area contributed by atoms with Crippen molar-refractivity contribution in [2.45, 2.75) is 25.3 Å².